The first-order valence-electron chi connectivity index (χ1n) is 10.6. The molecule has 2 heterocycles. The number of likely N-dealkylation sites (tertiary alicyclic amines) is 1. The summed E-state index contributed by atoms with van der Waals surface area (Å²) in [5.74, 6) is 0.493. The Balaban J connectivity index is 1.54. The third-order valence-electron chi connectivity index (χ3n) is 6.09. The molecule has 8 nitrogen and oxygen atoms in total. The molecule has 1 atom stereocenters. The van der Waals surface area contributed by atoms with Crippen molar-refractivity contribution in [3.8, 4) is 11.5 Å². The first-order valence-corrected chi connectivity index (χ1v) is 10.6. The number of hydrogen-bond donors (Lipinski definition) is 1. The van der Waals surface area contributed by atoms with Gasteiger partial charge in [0.1, 0.15) is 17.0 Å². The molecule has 8 heteroatoms. The molecule has 0 aliphatic carbocycles. The molecule has 0 radical (unpaired) electrons. The SMILES string of the molecule is COc1cc(OC)cc(C(=O)N2CCCC3(C2)NC(=O)N(Cc2ccc(C)cc2)C3=O)c1. The molecule has 1 unspecified atom stereocenters. The fourth-order valence-electron chi connectivity index (χ4n) is 4.31. The zero-order valence-electron chi connectivity index (χ0n) is 18.5. The Morgan fingerprint density at radius 2 is 1.72 bits per heavy atom. The average Bonchev–Trinajstić information content (AvgIpc) is 3.03. The molecule has 2 aromatic carbocycles. The topological polar surface area (TPSA) is 88.2 Å². The van der Waals surface area contributed by atoms with Crippen LogP contribution in [0.5, 0.6) is 11.5 Å². The van der Waals surface area contributed by atoms with Crippen LogP contribution in [-0.2, 0) is 11.3 Å². The molecular formula is C24H27N3O5. The predicted octanol–water partition coefficient (Wildman–Crippen LogP) is 2.74. The number of methoxy groups -OCH3 is 2. The molecule has 1 N–H and O–H groups in total. The second-order valence-electron chi connectivity index (χ2n) is 8.32. The molecule has 0 aromatic heterocycles. The van der Waals surface area contributed by atoms with Crippen LogP contribution >= 0.6 is 0 Å². The highest BCUT2D eigenvalue weighted by atomic mass is 16.5. The lowest BCUT2D eigenvalue weighted by Gasteiger charge is -2.38. The van der Waals surface area contributed by atoms with Gasteiger partial charge in [-0.15, -0.1) is 0 Å². The van der Waals surface area contributed by atoms with Crippen LogP contribution < -0.4 is 14.8 Å². The molecule has 32 heavy (non-hydrogen) atoms. The Morgan fingerprint density at radius 1 is 1.06 bits per heavy atom. The van der Waals surface area contributed by atoms with E-state index < -0.39 is 11.6 Å². The van der Waals surface area contributed by atoms with Gasteiger partial charge in [0.2, 0.25) is 0 Å². The molecular weight excluding hydrogens is 410 g/mol. The third-order valence-corrected chi connectivity index (χ3v) is 6.09. The number of nitrogens with one attached hydrogen (secondary N) is 1. The summed E-state index contributed by atoms with van der Waals surface area (Å²) in [5.41, 5.74) is 1.30. The monoisotopic (exact) mass is 437 g/mol. The van der Waals surface area contributed by atoms with Crippen molar-refractivity contribution in [2.45, 2.75) is 31.8 Å². The molecule has 0 bridgehead atoms. The van der Waals surface area contributed by atoms with Crippen LogP contribution in [0.1, 0.15) is 34.3 Å². The minimum Gasteiger partial charge on any atom is -0.497 e. The van der Waals surface area contributed by atoms with E-state index in [9.17, 15) is 14.4 Å². The van der Waals surface area contributed by atoms with Gasteiger partial charge in [-0.3, -0.25) is 14.5 Å². The minimum absolute atomic E-state index is 0.125. The largest absolute Gasteiger partial charge is 0.497 e. The van der Waals surface area contributed by atoms with Crippen LogP contribution in [-0.4, -0.2) is 60.5 Å². The molecule has 1 spiro atoms. The van der Waals surface area contributed by atoms with Crippen molar-refractivity contribution in [1.82, 2.24) is 15.1 Å². The number of carbonyl (C=O) groups is 3. The van der Waals surface area contributed by atoms with Crippen LogP contribution in [0.15, 0.2) is 42.5 Å². The highest BCUT2D eigenvalue weighted by Crippen LogP contribution is 2.31. The summed E-state index contributed by atoms with van der Waals surface area (Å²) >= 11 is 0. The Labute approximate surface area is 187 Å². The van der Waals surface area contributed by atoms with Crippen molar-refractivity contribution >= 4 is 17.8 Å². The Kier molecular flexibility index (Phi) is 5.78. The number of carbonyl (C=O) groups excluding carboxylic acids is 3. The number of amides is 4. The summed E-state index contributed by atoms with van der Waals surface area (Å²) in [6, 6.07) is 12.3. The van der Waals surface area contributed by atoms with E-state index in [-0.39, 0.29) is 24.9 Å². The van der Waals surface area contributed by atoms with Crippen LogP contribution in [0.25, 0.3) is 0 Å². The number of aryl methyl sites for hydroxylation is 1. The van der Waals surface area contributed by atoms with Crippen LogP contribution in [0.3, 0.4) is 0 Å². The summed E-state index contributed by atoms with van der Waals surface area (Å²) in [6.45, 7) is 2.81. The zero-order valence-corrected chi connectivity index (χ0v) is 18.5. The number of urea groups is 1. The lowest BCUT2D eigenvalue weighted by Crippen LogP contribution is -2.59. The molecule has 4 amide bonds. The normalized spacial score (nSPS) is 20.5. The maximum Gasteiger partial charge on any atom is 0.325 e. The van der Waals surface area contributed by atoms with Gasteiger partial charge in [-0.2, -0.15) is 0 Å². The summed E-state index contributed by atoms with van der Waals surface area (Å²) < 4.78 is 10.5. The summed E-state index contributed by atoms with van der Waals surface area (Å²) in [4.78, 5) is 42.1. The maximum atomic E-state index is 13.3. The molecule has 0 saturated carbocycles. The van der Waals surface area contributed by atoms with Crippen molar-refractivity contribution in [2.24, 2.45) is 0 Å². The molecule has 2 aliphatic heterocycles. The van der Waals surface area contributed by atoms with E-state index in [1.165, 1.54) is 19.1 Å². The lowest BCUT2D eigenvalue weighted by atomic mass is 9.88. The molecule has 2 saturated heterocycles. The molecule has 168 valence electrons. The van der Waals surface area contributed by atoms with Gasteiger partial charge >= 0.3 is 6.03 Å². The Morgan fingerprint density at radius 3 is 2.34 bits per heavy atom. The first kappa shape index (κ1) is 21.7. The van der Waals surface area contributed by atoms with E-state index in [1.54, 1.807) is 23.1 Å². The number of imide groups is 1. The molecule has 2 aliphatic rings. The van der Waals surface area contributed by atoms with Crippen molar-refractivity contribution in [3.63, 3.8) is 0 Å². The van der Waals surface area contributed by atoms with Gasteiger partial charge in [0.05, 0.1) is 27.3 Å². The van der Waals surface area contributed by atoms with Gasteiger partial charge in [0.15, 0.2) is 0 Å². The van der Waals surface area contributed by atoms with E-state index in [4.69, 9.17) is 9.47 Å². The highest BCUT2D eigenvalue weighted by molar-refractivity contribution is 6.07. The number of hydrogen-bond acceptors (Lipinski definition) is 5. The Hall–Kier alpha value is -3.55. The zero-order chi connectivity index (χ0) is 22.9. The fraction of sp³-hybridized carbons (Fsp3) is 0.375. The minimum atomic E-state index is -1.10. The second kappa shape index (κ2) is 8.53. The van der Waals surface area contributed by atoms with Gasteiger partial charge < -0.3 is 19.7 Å². The van der Waals surface area contributed by atoms with Gasteiger partial charge in [0.25, 0.3) is 11.8 Å². The molecule has 4 rings (SSSR count). The summed E-state index contributed by atoms with van der Waals surface area (Å²) in [7, 11) is 3.04. The quantitative estimate of drug-likeness (QED) is 0.727. The summed E-state index contributed by atoms with van der Waals surface area (Å²) in [5, 5.41) is 2.88. The maximum absolute atomic E-state index is 13.3. The van der Waals surface area contributed by atoms with Gasteiger partial charge in [-0.05, 0) is 37.5 Å². The standard InChI is InChI=1S/C24H27N3O5/c1-16-5-7-17(8-6-16)14-27-22(29)24(25-23(27)30)9-4-10-26(15-24)21(28)18-11-19(31-2)13-20(12-18)32-3/h5-8,11-13H,4,9-10,14-15H2,1-3H3,(H,25,30). The average molecular weight is 437 g/mol. The van der Waals surface area contributed by atoms with Crippen LogP contribution in [0.2, 0.25) is 0 Å². The third kappa shape index (κ3) is 4.00. The van der Waals surface area contributed by atoms with Crippen molar-refractivity contribution in [2.75, 3.05) is 27.3 Å². The van der Waals surface area contributed by atoms with Crippen molar-refractivity contribution in [3.05, 3.63) is 59.2 Å². The molecule has 2 aromatic rings. The van der Waals surface area contributed by atoms with Gasteiger partial charge in [-0.1, -0.05) is 29.8 Å². The van der Waals surface area contributed by atoms with Gasteiger partial charge in [0, 0.05) is 18.2 Å². The van der Waals surface area contributed by atoms with E-state index in [2.05, 4.69) is 5.32 Å². The van der Waals surface area contributed by atoms with Gasteiger partial charge in [-0.25, -0.2) is 4.79 Å². The smallest absolute Gasteiger partial charge is 0.325 e. The number of nitrogens with zero attached hydrogens (tertiary/aromatic N) is 2. The molecule has 2 fully saturated rings. The van der Waals surface area contributed by atoms with E-state index in [1.807, 2.05) is 31.2 Å². The van der Waals surface area contributed by atoms with Crippen LogP contribution in [0.4, 0.5) is 4.79 Å². The Bertz CT molecular complexity index is 1030. The summed E-state index contributed by atoms with van der Waals surface area (Å²) in [6.07, 6.45) is 1.10. The van der Waals surface area contributed by atoms with E-state index in [0.717, 1.165) is 11.1 Å². The fourth-order valence-corrected chi connectivity index (χ4v) is 4.31. The van der Waals surface area contributed by atoms with Crippen molar-refractivity contribution < 1.29 is 23.9 Å². The number of benzene rings is 2. The predicted molar refractivity (Wildman–Crippen MR) is 118 cm³/mol. The van der Waals surface area contributed by atoms with Crippen molar-refractivity contribution in [1.29, 1.82) is 0 Å². The van der Waals surface area contributed by atoms with E-state index >= 15 is 0 Å². The van der Waals surface area contributed by atoms with E-state index in [0.29, 0.717) is 36.4 Å². The highest BCUT2D eigenvalue weighted by Gasteiger charge is 2.53. The second-order valence-corrected chi connectivity index (χ2v) is 8.32. The number of rotatable bonds is 5. The lowest BCUT2D eigenvalue weighted by molar-refractivity contribution is -0.133. The number of piperidine rings is 1. The van der Waals surface area contributed by atoms with Crippen LogP contribution in [0, 0.1) is 6.92 Å². The number of ether oxygens (including phenoxy) is 2. The first-order chi connectivity index (χ1) is 15.3.